The van der Waals surface area contributed by atoms with Gasteiger partial charge in [-0.1, -0.05) is 0 Å². The van der Waals surface area contributed by atoms with E-state index in [1.165, 1.54) is 0 Å². The van der Waals surface area contributed by atoms with Crippen molar-refractivity contribution in [2.45, 2.75) is 0 Å². The summed E-state index contributed by atoms with van der Waals surface area (Å²) >= 11 is 11.4. The number of anilines is 1. The van der Waals surface area contributed by atoms with Crippen LogP contribution in [0.1, 0.15) is 10.4 Å². The normalized spacial score (nSPS) is 10.1. The summed E-state index contributed by atoms with van der Waals surface area (Å²) in [5.74, 6) is 0.649. The van der Waals surface area contributed by atoms with Gasteiger partial charge >= 0.3 is 0 Å². The summed E-state index contributed by atoms with van der Waals surface area (Å²) in [5, 5.41) is 0. The highest BCUT2D eigenvalue weighted by molar-refractivity contribution is 6.18. The maximum Gasteiger partial charge on any atom is 0.248 e. The molecule has 1 amide bonds. The lowest BCUT2D eigenvalue weighted by Gasteiger charge is -2.22. The number of primary amides is 1. The Bertz CT molecular complexity index is 334. The van der Waals surface area contributed by atoms with Crippen LogP contribution in [0.4, 0.5) is 5.69 Å². The smallest absolute Gasteiger partial charge is 0.248 e. The summed E-state index contributed by atoms with van der Waals surface area (Å²) in [6.45, 7) is 1.45. The van der Waals surface area contributed by atoms with Crippen LogP contribution in [0.25, 0.3) is 0 Å². The van der Waals surface area contributed by atoms with Crippen LogP contribution in [-0.4, -0.2) is 30.8 Å². The first-order valence-corrected chi connectivity index (χ1v) is 6.02. The third kappa shape index (κ3) is 3.58. The summed E-state index contributed by atoms with van der Waals surface area (Å²) in [6, 6.07) is 7.10. The van der Waals surface area contributed by atoms with Gasteiger partial charge in [0.1, 0.15) is 0 Å². The molecule has 0 radical (unpaired) electrons. The van der Waals surface area contributed by atoms with Gasteiger partial charge in [-0.05, 0) is 24.3 Å². The number of amides is 1. The molecule has 0 bridgehead atoms. The molecule has 0 atom stereocenters. The minimum atomic E-state index is -0.423. The van der Waals surface area contributed by atoms with Crippen molar-refractivity contribution in [3.8, 4) is 0 Å². The number of halogens is 2. The molecule has 1 rings (SSSR count). The number of hydrogen-bond donors (Lipinski definition) is 1. The minimum absolute atomic E-state index is 0.423. The number of carbonyl (C=O) groups is 1. The number of benzene rings is 1. The van der Waals surface area contributed by atoms with Gasteiger partial charge in [-0.2, -0.15) is 0 Å². The number of carbonyl (C=O) groups excluding carboxylic acids is 1. The molecule has 0 unspecified atom stereocenters. The fraction of sp³-hybridized carbons (Fsp3) is 0.364. The number of nitrogens with zero attached hydrogens (tertiary/aromatic N) is 1. The molecule has 0 aromatic heterocycles. The van der Waals surface area contributed by atoms with E-state index in [1.54, 1.807) is 12.1 Å². The van der Waals surface area contributed by atoms with Crippen molar-refractivity contribution >= 4 is 34.8 Å². The molecule has 5 heteroatoms. The lowest BCUT2D eigenvalue weighted by Crippen LogP contribution is -2.27. The number of hydrogen-bond acceptors (Lipinski definition) is 2. The van der Waals surface area contributed by atoms with Crippen LogP contribution in [0, 0.1) is 0 Å². The van der Waals surface area contributed by atoms with Crippen LogP contribution in [0.15, 0.2) is 24.3 Å². The Morgan fingerprint density at radius 3 is 2.00 bits per heavy atom. The third-order valence-corrected chi connectivity index (χ3v) is 2.56. The zero-order valence-corrected chi connectivity index (χ0v) is 10.3. The summed E-state index contributed by atoms with van der Waals surface area (Å²) < 4.78 is 0. The fourth-order valence-electron chi connectivity index (χ4n) is 1.41. The van der Waals surface area contributed by atoms with Gasteiger partial charge in [-0.25, -0.2) is 0 Å². The Hall–Kier alpha value is -0.930. The first-order chi connectivity index (χ1) is 7.69. The number of alkyl halides is 2. The quantitative estimate of drug-likeness (QED) is 0.797. The Kier molecular flexibility index (Phi) is 5.43. The molecule has 0 aliphatic carbocycles. The minimum Gasteiger partial charge on any atom is -0.369 e. The van der Waals surface area contributed by atoms with Crippen molar-refractivity contribution in [1.82, 2.24) is 0 Å². The van der Waals surface area contributed by atoms with E-state index in [0.29, 0.717) is 17.3 Å². The molecule has 1 aromatic rings. The van der Waals surface area contributed by atoms with Gasteiger partial charge in [0.25, 0.3) is 0 Å². The Morgan fingerprint density at radius 2 is 1.62 bits per heavy atom. The molecule has 1 aromatic carbocycles. The van der Waals surface area contributed by atoms with E-state index >= 15 is 0 Å². The summed E-state index contributed by atoms with van der Waals surface area (Å²) in [7, 11) is 0. The lowest BCUT2D eigenvalue weighted by atomic mass is 10.2. The van der Waals surface area contributed by atoms with E-state index in [-0.39, 0.29) is 0 Å². The predicted molar refractivity (Wildman–Crippen MR) is 68.6 cm³/mol. The molecule has 0 saturated carbocycles. The Morgan fingerprint density at radius 1 is 1.12 bits per heavy atom. The van der Waals surface area contributed by atoms with Crippen LogP contribution >= 0.6 is 23.2 Å². The zero-order valence-electron chi connectivity index (χ0n) is 8.83. The van der Waals surface area contributed by atoms with E-state index in [9.17, 15) is 4.79 Å². The highest BCUT2D eigenvalue weighted by Crippen LogP contribution is 2.15. The molecule has 0 heterocycles. The SMILES string of the molecule is NC(=O)c1ccc(N(CCCl)CCCl)cc1. The first-order valence-electron chi connectivity index (χ1n) is 4.95. The maximum absolute atomic E-state index is 10.9. The van der Waals surface area contributed by atoms with Crippen molar-refractivity contribution in [1.29, 1.82) is 0 Å². The van der Waals surface area contributed by atoms with Gasteiger partial charge in [-0.3, -0.25) is 4.79 Å². The third-order valence-electron chi connectivity index (χ3n) is 2.23. The standard InChI is InChI=1S/C11H14Cl2N2O/c12-5-7-15(8-6-13)10-3-1-9(2-4-10)11(14)16/h1-4H,5-8H2,(H2,14,16). The van der Waals surface area contributed by atoms with Crippen molar-refractivity contribution in [3.63, 3.8) is 0 Å². The molecular weight excluding hydrogens is 247 g/mol. The fourth-order valence-corrected chi connectivity index (χ4v) is 1.82. The van der Waals surface area contributed by atoms with Gasteiger partial charge < -0.3 is 10.6 Å². The Balaban J connectivity index is 2.80. The van der Waals surface area contributed by atoms with E-state index in [1.807, 2.05) is 12.1 Å². The molecule has 0 saturated heterocycles. The van der Waals surface area contributed by atoms with Crippen molar-refractivity contribution < 1.29 is 4.79 Å². The van der Waals surface area contributed by atoms with E-state index in [0.717, 1.165) is 18.8 Å². The summed E-state index contributed by atoms with van der Waals surface area (Å²) in [5.41, 5.74) is 6.65. The van der Waals surface area contributed by atoms with Crippen molar-refractivity contribution in [3.05, 3.63) is 29.8 Å². The van der Waals surface area contributed by atoms with Gasteiger partial charge in [0.15, 0.2) is 0 Å². The van der Waals surface area contributed by atoms with Crippen LogP contribution in [0.5, 0.6) is 0 Å². The average molecular weight is 261 g/mol. The van der Waals surface area contributed by atoms with Crippen molar-refractivity contribution in [2.24, 2.45) is 5.73 Å². The van der Waals surface area contributed by atoms with Gasteiger partial charge in [0.2, 0.25) is 5.91 Å². The van der Waals surface area contributed by atoms with Crippen molar-refractivity contribution in [2.75, 3.05) is 29.7 Å². The highest BCUT2D eigenvalue weighted by atomic mass is 35.5. The van der Waals surface area contributed by atoms with Crippen LogP contribution in [-0.2, 0) is 0 Å². The predicted octanol–water partition coefficient (Wildman–Crippen LogP) is 2.07. The van der Waals surface area contributed by atoms with E-state index in [2.05, 4.69) is 4.90 Å². The van der Waals surface area contributed by atoms with Crippen LogP contribution < -0.4 is 10.6 Å². The van der Waals surface area contributed by atoms with E-state index in [4.69, 9.17) is 28.9 Å². The topological polar surface area (TPSA) is 46.3 Å². The molecule has 0 fully saturated rings. The van der Waals surface area contributed by atoms with E-state index < -0.39 is 5.91 Å². The largest absolute Gasteiger partial charge is 0.369 e. The Labute approximate surface area is 105 Å². The summed E-state index contributed by atoms with van der Waals surface area (Å²) in [6.07, 6.45) is 0. The molecule has 88 valence electrons. The number of rotatable bonds is 6. The molecule has 2 N–H and O–H groups in total. The number of nitrogens with two attached hydrogens (primary N) is 1. The first kappa shape index (κ1) is 13.1. The molecule has 0 spiro atoms. The zero-order chi connectivity index (χ0) is 12.0. The molecule has 3 nitrogen and oxygen atoms in total. The molecule has 16 heavy (non-hydrogen) atoms. The second-order valence-corrected chi connectivity index (χ2v) is 4.03. The highest BCUT2D eigenvalue weighted by Gasteiger charge is 2.06. The van der Waals surface area contributed by atoms with Gasteiger partial charge in [0, 0.05) is 36.1 Å². The second kappa shape index (κ2) is 6.61. The molecule has 0 aliphatic rings. The van der Waals surface area contributed by atoms with Crippen LogP contribution in [0.2, 0.25) is 0 Å². The second-order valence-electron chi connectivity index (χ2n) is 3.28. The molecule has 0 aliphatic heterocycles. The lowest BCUT2D eigenvalue weighted by molar-refractivity contribution is 0.100. The van der Waals surface area contributed by atoms with Gasteiger partial charge in [0.05, 0.1) is 0 Å². The summed E-state index contributed by atoms with van der Waals surface area (Å²) in [4.78, 5) is 13.0. The van der Waals surface area contributed by atoms with Crippen LogP contribution in [0.3, 0.4) is 0 Å². The average Bonchev–Trinajstić information content (AvgIpc) is 2.29. The van der Waals surface area contributed by atoms with Gasteiger partial charge in [-0.15, -0.1) is 23.2 Å². The maximum atomic E-state index is 10.9. The monoisotopic (exact) mass is 260 g/mol. The molecular formula is C11H14Cl2N2O.